The van der Waals surface area contributed by atoms with Crippen molar-refractivity contribution in [3.8, 4) is 11.3 Å². The second-order valence-corrected chi connectivity index (χ2v) is 5.91. The van der Waals surface area contributed by atoms with E-state index in [0.717, 1.165) is 22.3 Å². The highest BCUT2D eigenvalue weighted by atomic mass is 19.1. The number of aryl methyl sites for hydroxylation is 1. The van der Waals surface area contributed by atoms with Gasteiger partial charge in [0.2, 0.25) is 0 Å². The zero-order valence-corrected chi connectivity index (χ0v) is 14.1. The molecule has 0 aliphatic heterocycles. The molecule has 0 N–H and O–H groups in total. The number of esters is 1. The fourth-order valence-corrected chi connectivity index (χ4v) is 2.45. The van der Waals surface area contributed by atoms with Gasteiger partial charge >= 0.3 is 5.97 Å². The van der Waals surface area contributed by atoms with Gasteiger partial charge in [-0.15, -0.1) is 0 Å². The second kappa shape index (κ2) is 7.30. The van der Waals surface area contributed by atoms with E-state index in [9.17, 15) is 9.18 Å². The molecule has 2 aromatic carbocycles. The molecule has 3 aromatic rings. The predicted octanol–water partition coefficient (Wildman–Crippen LogP) is 4.38. The number of hydrogen-bond donors (Lipinski definition) is 0. The Morgan fingerprint density at radius 1 is 1.08 bits per heavy atom. The smallest absolute Gasteiger partial charge is 0.310 e. The van der Waals surface area contributed by atoms with E-state index in [2.05, 4.69) is 5.16 Å². The Morgan fingerprint density at radius 2 is 1.76 bits per heavy atom. The maximum atomic E-state index is 13.0. The topological polar surface area (TPSA) is 52.3 Å². The van der Waals surface area contributed by atoms with E-state index in [1.54, 1.807) is 12.1 Å². The van der Waals surface area contributed by atoms with Crippen molar-refractivity contribution < 1.29 is 18.4 Å². The lowest BCUT2D eigenvalue weighted by atomic mass is 10.1. The van der Waals surface area contributed by atoms with Crippen LogP contribution in [0.5, 0.6) is 0 Å². The standard InChI is InChI=1S/C20H18FNO3/c1-13-3-5-15(6-4-13)11-19(23)24-12-18-14(2)20(25-22-18)16-7-9-17(21)10-8-16/h3-10H,11-12H2,1-2H3. The number of carbonyl (C=O) groups is 1. The molecule has 0 aliphatic rings. The molecular weight excluding hydrogens is 321 g/mol. The van der Waals surface area contributed by atoms with Gasteiger partial charge in [-0.1, -0.05) is 35.0 Å². The van der Waals surface area contributed by atoms with Crippen LogP contribution in [0.15, 0.2) is 53.1 Å². The summed E-state index contributed by atoms with van der Waals surface area (Å²) in [6.07, 6.45) is 0.210. The van der Waals surface area contributed by atoms with Crippen LogP contribution in [-0.2, 0) is 22.6 Å². The van der Waals surface area contributed by atoms with E-state index in [-0.39, 0.29) is 24.8 Å². The molecule has 0 amide bonds. The Balaban J connectivity index is 1.62. The zero-order valence-electron chi connectivity index (χ0n) is 14.1. The summed E-state index contributed by atoms with van der Waals surface area (Å²) in [6, 6.07) is 13.7. The van der Waals surface area contributed by atoms with Crippen LogP contribution in [0.4, 0.5) is 4.39 Å². The van der Waals surface area contributed by atoms with Crippen LogP contribution in [-0.4, -0.2) is 11.1 Å². The van der Waals surface area contributed by atoms with E-state index in [1.807, 2.05) is 38.1 Å². The minimum absolute atomic E-state index is 0.0429. The molecule has 0 spiro atoms. The summed E-state index contributed by atoms with van der Waals surface area (Å²) < 4.78 is 23.6. The van der Waals surface area contributed by atoms with Crippen LogP contribution in [0.25, 0.3) is 11.3 Å². The summed E-state index contributed by atoms with van der Waals surface area (Å²) >= 11 is 0. The minimum atomic E-state index is -0.324. The molecule has 0 atom stereocenters. The first-order chi connectivity index (χ1) is 12.0. The Morgan fingerprint density at radius 3 is 2.44 bits per heavy atom. The normalized spacial score (nSPS) is 10.7. The van der Waals surface area contributed by atoms with Crippen LogP contribution in [0.3, 0.4) is 0 Å². The summed E-state index contributed by atoms with van der Waals surface area (Å²) in [6.45, 7) is 3.87. The van der Waals surface area contributed by atoms with Crippen molar-refractivity contribution in [2.45, 2.75) is 26.9 Å². The highest BCUT2D eigenvalue weighted by molar-refractivity contribution is 5.72. The SMILES string of the molecule is Cc1ccc(CC(=O)OCc2noc(-c3ccc(F)cc3)c2C)cc1. The molecule has 0 unspecified atom stereocenters. The summed E-state index contributed by atoms with van der Waals surface area (Å²) in [7, 11) is 0. The molecule has 1 aromatic heterocycles. The number of nitrogens with zero attached hydrogens (tertiary/aromatic N) is 1. The fraction of sp³-hybridized carbons (Fsp3) is 0.200. The van der Waals surface area contributed by atoms with Gasteiger partial charge in [-0.3, -0.25) is 4.79 Å². The molecule has 1 heterocycles. The van der Waals surface area contributed by atoms with Gasteiger partial charge in [-0.2, -0.15) is 0 Å². The van der Waals surface area contributed by atoms with E-state index in [1.165, 1.54) is 12.1 Å². The molecule has 25 heavy (non-hydrogen) atoms. The zero-order chi connectivity index (χ0) is 17.8. The molecule has 3 rings (SSSR count). The van der Waals surface area contributed by atoms with Crippen molar-refractivity contribution in [3.63, 3.8) is 0 Å². The molecule has 5 heteroatoms. The van der Waals surface area contributed by atoms with Gasteiger partial charge in [0.25, 0.3) is 0 Å². The maximum absolute atomic E-state index is 13.0. The van der Waals surface area contributed by atoms with E-state index < -0.39 is 0 Å². The number of hydrogen-bond acceptors (Lipinski definition) is 4. The lowest BCUT2D eigenvalue weighted by Gasteiger charge is -2.04. The number of rotatable bonds is 5. The number of carbonyl (C=O) groups excluding carboxylic acids is 1. The highest BCUT2D eigenvalue weighted by Gasteiger charge is 2.15. The first kappa shape index (κ1) is 16.9. The van der Waals surface area contributed by atoms with E-state index in [0.29, 0.717) is 11.5 Å². The average Bonchev–Trinajstić information content (AvgIpc) is 2.97. The number of benzene rings is 2. The van der Waals surface area contributed by atoms with Crippen LogP contribution >= 0.6 is 0 Å². The van der Waals surface area contributed by atoms with Crippen LogP contribution < -0.4 is 0 Å². The third-order valence-electron chi connectivity index (χ3n) is 3.97. The van der Waals surface area contributed by atoms with Crippen LogP contribution in [0.2, 0.25) is 0 Å². The number of ether oxygens (including phenoxy) is 1. The molecule has 0 saturated carbocycles. The summed E-state index contributed by atoms with van der Waals surface area (Å²) in [4.78, 5) is 12.0. The van der Waals surface area contributed by atoms with Crippen molar-refractivity contribution in [3.05, 3.63) is 76.7 Å². The molecule has 0 saturated heterocycles. The van der Waals surface area contributed by atoms with Gasteiger partial charge in [0.05, 0.1) is 6.42 Å². The molecule has 0 radical (unpaired) electrons. The summed E-state index contributed by atoms with van der Waals surface area (Å²) in [5.41, 5.74) is 4.10. The van der Waals surface area contributed by atoms with Crippen LogP contribution in [0, 0.1) is 19.7 Å². The molecule has 4 nitrogen and oxygen atoms in total. The first-order valence-electron chi connectivity index (χ1n) is 7.95. The minimum Gasteiger partial charge on any atom is -0.459 e. The lowest BCUT2D eigenvalue weighted by molar-refractivity contribution is -0.144. The van der Waals surface area contributed by atoms with Crippen LogP contribution in [0.1, 0.15) is 22.4 Å². The van der Waals surface area contributed by atoms with Gasteiger partial charge in [0.1, 0.15) is 18.1 Å². The number of aromatic nitrogens is 1. The largest absolute Gasteiger partial charge is 0.459 e. The Labute approximate surface area is 145 Å². The highest BCUT2D eigenvalue weighted by Crippen LogP contribution is 2.26. The fourth-order valence-electron chi connectivity index (χ4n) is 2.45. The first-order valence-corrected chi connectivity index (χ1v) is 7.95. The van der Waals surface area contributed by atoms with Gasteiger partial charge in [-0.05, 0) is 43.7 Å². The molecule has 0 fully saturated rings. The molecule has 0 aliphatic carbocycles. The van der Waals surface area contributed by atoms with Gasteiger partial charge < -0.3 is 9.26 Å². The van der Waals surface area contributed by atoms with Gasteiger partial charge in [0, 0.05) is 11.1 Å². The Kier molecular flexibility index (Phi) is 4.93. The molecule has 0 bridgehead atoms. The van der Waals surface area contributed by atoms with Crippen molar-refractivity contribution >= 4 is 5.97 Å². The summed E-state index contributed by atoms with van der Waals surface area (Å²) in [5, 5.41) is 3.96. The van der Waals surface area contributed by atoms with Crippen molar-refractivity contribution in [1.29, 1.82) is 0 Å². The Bertz CT molecular complexity index is 867. The average molecular weight is 339 g/mol. The molecule has 128 valence electrons. The van der Waals surface area contributed by atoms with Crippen molar-refractivity contribution in [1.82, 2.24) is 5.16 Å². The van der Waals surface area contributed by atoms with E-state index >= 15 is 0 Å². The number of halogens is 1. The van der Waals surface area contributed by atoms with E-state index in [4.69, 9.17) is 9.26 Å². The maximum Gasteiger partial charge on any atom is 0.310 e. The molecular formula is C20H18FNO3. The Hall–Kier alpha value is -2.95. The predicted molar refractivity (Wildman–Crippen MR) is 91.3 cm³/mol. The van der Waals surface area contributed by atoms with Gasteiger partial charge in [-0.25, -0.2) is 4.39 Å². The van der Waals surface area contributed by atoms with Crippen molar-refractivity contribution in [2.24, 2.45) is 0 Å². The summed E-state index contributed by atoms with van der Waals surface area (Å²) in [5.74, 6) is -0.0923. The van der Waals surface area contributed by atoms with Gasteiger partial charge in [0.15, 0.2) is 5.76 Å². The van der Waals surface area contributed by atoms with Crippen molar-refractivity contribution in [2.75, 3.05) is 0 Å². The quantitative estimate of drug-likeness (QED) is 0.647. The monoisotopic (exact) mass is 339 g/mol. The second-order valence-electron chi connectivity index (χ2n) is 5.91. The lowest BCUT2D eigenvalue weighted by Crippen LogP contribution is -2.08. The third-order valence-corrected chi connectivity index (χ3v) is 3.97. The third kappa shape index (κ3) is 4.12.